The highest BCUT2D eigenvalue weighted by atomic mass is 32.2. The van der Waals surface area contributed by atoms with Crippen molar-refractivity contribution in [2.45, 2.75) is 22.7 Å². The second-order valence-corrected chi connectivity index (χ2v) is 5.57. The molecule has 0 spiro atoms. The van der Waals surface area contributed by atoms with E-state index in [0.717, 1.165) is 17.5 Å². The van der Waals surface area contributed by atoms with Crippen molar-refractivity contribution in [2.24, 2.45) is 5.73 Å². The standard InChI is InChI=1S/C11H10F2N2S2/c1-6-5-16-11(15-6)17-10-8(12)2-7(4-14)3-9(10)13/h2-3,5H,4,14H2,1H3. The van der Waals surface area contributed by atoms with Crippen molar-refractivity contribution >= 4 is 23.1 Å². The minimum absolute atomic E-state index is 0.0310. The molecule has 0 unspecified atom stereocenters. The van der Waals surface area contributed by atoms with E-state index in [1.165, 1.54) is 23.5 Å². The third-order valence-electron chi connectivity index (χ3n) is 2.08. The van der Waals surface area contributed by atoms with Gasteiger partial charge in [0.2, 0.25) is 0 Å². The number of hydrogen-bond acceptors (Lipinski definition) is 4. The molecule has 0 fully saturated rings. The first-order valence-electron chi connectivity index (χ1n) is 4.88. The van der Waals surface area contributed by atoms with E-state index in [1.807, 2.05) is 12.3 Å². The first-order valence-corrected chi connectivity index (χ1v) is 6.57. The second-order valence-electron chi connectivity index (χ2n) is 3.45. The summed E-state index contributed by atoms with van der Waals surface area (Å²) in [6.07, 6.45) is 0. The Morgan fingerprint density at radius 3 is 2.47 bits per heavy atom. The third kappa shape index (κ3) is 2.83. The Morgan fingerprint density at radius 2 is 2.00 bits per heavy atom. The zero-order chi connectivity index (χ0) is 12.4. The van der Waals surface area contributed by atoms with E-state index in [9.17, 15) is 8.78 Å². The molecule has 2 nitrogen and oxygen atoms in total. The lowest BCUT2D eigenvalue weighted by Gasteiger charge is -2.04. The summed E-state index contributed by atoms with van der Waals surface area (Å²) in [7, 11) is 0. The van der Waals surface area contributed by atoms with Gasteiger partial charge >= 0.3 is 0 Å². The van der Waals surface area contributed by atoms with E-state index in [0.29, 0.717) is 9.90 Å². The molecule has 0 aliphatic rings. The maximum Gasteiger partial charge on any atom is 0.155 e. The monoisotopic (exact) mass is 272 g/mol. The highest BCUT2D eigenvalue weighted by Crippen LogP contribution is 2.34. The van der Waals surface area contributed by atoms with E-state index in [4.69, 9.17) is 5.73 Å². The maximum atomic E-state index is 13.7. The Morgan fingerprint density at radius 1 is 1.35 bits per heavy atom. The van der Waals surface area contributed by atoms with Gasteiger partial charge in [-0.2, -0.15) is 0 Å². The van der Waals surface area contributed by atoms with Gasteiger partial charge in [-0.25, -0.2) is 13.8 Å². The molecular formula is C11H10F2N2S2. The zero-order valence-electron chi connectivity index (χ0n) is 9.04. The van der Waals surface area contributed by atoms with Crippen molar-refractivity contribution in [3.8, 4) is 0 Å². The van der Waals surface area contributed by atoms with Gasteiger partial charge in [0, 0.05) is 17.6 Å². The number of nitrogens with zero attached hydrogens (tertiary/aromatic N) is 1. The summed E-state index contributed by atoms with van der Waals surface area (Å²) in [5.74, 6) is -1.19. The molecule has 0 bridgehead atoms. The first kappa shape index (κ1) is 12.5. The second kappa shape index (κ2) is 5.12. The molecule has 0 saturated carbocycles. The van der Waals surface area contributed by atoms with Crippen LogP contribution in [0.1, 0.15) is 11.3 Å². The van der Waals surface area contributed by atoms with Crippen molar-refractivity contribution in [1.29, 1.82) is 0 Å². The predicted octanol–water partition coefficient (Wildman–Crippen LogP) is 3.34. The molecule has 1 aromatic carbocycles. The number of nitrogens with two attached hydrogens (primary N) is 1. The van der Waals surface area contributed by atoms with Crippen LogP contribution in [0, 0.1) is 18.6 Å². The molecule has 0 atom stereocenters. The normalized spacial score (nSPS) is 10.8. The van der Waals surface area contributed by atoms with Crippen LogP contribution in [0.15, 0.2) is 26.7 Å². The van der Waals surface area contributed by atoms with Crippen molar-refractivity contribution in [2.75, 3.05) is 0 Å². The SMILES string of the molecule is Cc1csc(Sc2c(F)cc(CN)cc2F)n1. The van der Waals surface area contributed by atoms with Crippen LogP contribution in [-0.2, 0) is 6.54 Å². The molecule has 0 saturated heterocycles. The van der Waals surface area contributed by atoms with Crippen LogP contribution in [0.4, 0.5) is 8.78 Å². The molecule has 1 aromatic heterocycles. The van der Waals surface area contributed by atoms with Gasteiger partial charge in [-0.15, -0.1) is 11.3 Å². The third-order valence-corrected chi connectivity index (χ3v) is 4.23. The maximum absolute atomic E-state index is 13.7. The van der Waals surface area contributed by atoms with Gasteiger partial charge in [0.15, 0.2) is 4.34 Å². The number of aromatic nitrogens is 1. The number of benzene rings is 1. The van der Waals surface area contributed by atoms with Crippen LogP contribution in [0.2, 0.25) is 0 Å². The van der Waals surface area contributed by atoms with Gasteiger partial charge in [-0.1, -0.05) is 11.8 Å². The van der Waals surface area contributed by atoms with E-state index in [1.54, 1.807) is 0 Å². The Labute approximate surface area is 106 Å². The molecule has 0 radical (unpaired) electrons. The van der Waals surface area contributed by atoms with Gasteiger partial charge in [0.05, 0.1) is 4.90 Å². The molecule has 1 heterocycles. The van der Waals surface area contributed by atoms with Crippen LogP contribution >= 0.6 is 23.1 Å². The summed E-state index contributed by atoms with van der Waals surface area (Å²) in [5.41, 5.74) is 6.63. The Kier molecular flexibility index (Phi) is 3.76. The molecule has 17 heavy (non-hydrogen) atoms. The molecule has 90 valence electrons. The summed E-state index contributed by atoms with van der Waals surface area (Å²) in [4.78, 5) is 4.12. The lowest BCUT2D eigenvalue weighted by atomic mass is 10.2. The highest BCUT2D eigenvalue weighted by molar-refractivity contribution is 8.01. The largest absolute Gasteiger partial charge is 0.326 e. The minimum atomic E-state index is -0.594. The van der Waals surface area contributed by atoms with Crippen LogP contribution in [0.3, 0.4) is 0 Å². The Balaban J connectivity index is 2.33. The molecular weight excluding hydrogens is 262 g/mol. The number of aryl methyl sites for hydroxylation is 1. The number of rotatable bonds is 3. The van der Waals surface area contributed by atoms with E-state index in [-0.39, 0.29) is 11.4 Å². The van der Waals surface area contributed by atoms with Gasteiger partial charge in [-0.05, 0) is 24.6 Å². The van der Waals surface area contributed by atoms with Gasteiger partial charge < -0.3 is 5.73 Å². The van der Waals surface area contributed by atoms with Crippen molar-refractivity contribution < 1.29 is 8.78 Å². The highest BCUT2D eigenvalue weighted by Gasteiger charge is 2.14. The Bertz CT molecular complexity index is 517. The van der Waals surface area contributed by atoms with E-state index < -0.39 is 11.6 Å². The zero-order valence-corrected chi connectivity index (χ0v) is 10.7. The van der Waals surface area contributed by atoms with Crippen molar-refractivity contribution in [1.82, 2.24) is 4.98 Å². The molecule has 6 heteroatoms. The molecule has 2 rings (SSSR count). The van der Waals surface area contributed by atoms with Crippen LogP contribution in [0.5, 0.6) is 0 Å². The van der Waals surface area contributed by atoms with Crippen LogP contribution in [0.25, 0.3) is 0 Å². The van der Waals surface area contributed by atoms with Gasteiger partial charge in [-0.3, -0.25) is 0 Å². The molecule has 0 aliphatic heterocycles. The van der Waals surface area contributed by atoms with Crippen LogP contribution < -0.4 is 5.73 Å². The van der Waals surface area contributed by atoms with Crippen LogP contribution in [-0.4, -0.2) is 4.98 Å². The van der Waals surface area contributed by atoms with Crippen molar-refractivity contribution in [3.05, 3.63) is 40.4 Å². The summed E-state index contributed by atoms with van der Waals surface area (Å²) < 4.78 is 27.9. The smallest absolute Gasteiger partial charge is 0.155 e. The Hall–Kier alpha value is -0.980. The quantitative estimate of drug-likeness (QED) is 0.931. The fraction of sp³-hybridized carbons (Fsp3) is 0.182. The summed E-state index contributed by atoms with van der Waals surface area (Å²) >= 11 is 2.36. The average molecular weight is 272 g/mol. The predicted molar refractivity (Wildman–Crippen MR) is 65.2 cm³/mol. The van der Waals surface area contributed by atoms with Gasteiger partial charge in [0.25, 0.3) is 0 Å². The molecule has 2 N–H and O–H groups in total. The minimum Gasteiger partial charge on any atom is -0.326 e. The number of thiazole rings is 1. The van der Waals surface area contributed by atoms with Crippen molar-refractivity contribution in [3.63, 3.8) is 0 Å². The van der Waals surface area contributed by atoms with Gasteiger partial charge in [0.1, 0.15) is 11.6 Å². The summed E-state index contributed by atoms with van der Waals surface area (Å²) in [6.45, 7) is 1.96. The average Bonchev–Trinajstić information content (AvgIpc) is 2.69. The fourth-order valence-electron chi connectivity index (χ4n) is 1.29. The summed E-state index contributed by atoms with van der Waals surface area (Å²) in [5, 5.41) is 1.84. The lowest BCUT2D eigenvalue weighted by molar-refractivity contribution is 0.537. The number of halogens is 2. The van der Waals surface area contributed by atoms with E-state index >= 15 is 0 Å². The molecule has 0 amide bonds. The first-order chi connectivity index (χ1) is 8.10. The molecule has 2 aromatic rings. The topological polar surface area (TPSA) is 38.9 Å². The summed E-state index contributed by atoms with van der Waals surface area (Å²) in [6, 6.07) is 2.51. The lowest BCUT2D eigenvalue weighted by Crippen LogP contribution is -1.99. The van der Waals surface area contributed by atoms with E-state index in [2.05, 4.69) is 4.98 Å². The molecule has 0 aliphatic carbocycles. The fourth-order valence-corrected chi connectivity index (χ4v) is 3.08. The number of hydrogen-bond donors (Lipinski definition) is 1.